The van der Waals surface area contributed by atoms with Crippen LogP contribution in [0.4, 0.5) is 11.4 Å². The molecule has 0 amide bonds. The Morgan fingerprint density at radius 3 is 2.39 bits per heavy atom. The Hall–Kier alpha value is -2.60. The Bertz CT molecular complexity index is 1420. The van der Waals surface area contributed by atoms with Gasteiger partial charge in [0.2, 0.25) is 5.69 Å². The monoisotopic (exact) mass is 477 g/mol. The molecule has 2 atom stereocenters. The molecule has 0 aromatic heterocycles. The lowest BCUT2D eigenvalue weighted by molar-refractivity contribution is -0.445. The normalized spacial score (nSPS) is 26.4. The molecule has 5 aliphatic heterocycles. The van der Waals surface area contributed by atoms with Crippen LogP contribution in [0.25, 0.3) is 0 Å². The van der Waals surface area contributed by atoms with Crippen molar-refractivity contribution < 1.29 is 19.4 Å². The maximum absolute atomic E-state index is 9.65. The van der Waals surface area contributed by atoms with Crippen LogP contribution in [0.15, 0.2) is 59.3 Å². The third-order valence-electron chi connectivity index (χ3n) is 9.10. The number of ether oxygens (including phenoxy) is 1. The molecule has 180 valence electrons. The first kappa shape index (κ1) is 22.6. The standard InChI is InChI=1S/C29H31B2N2O3/c1-28(2)20-13-16(30-34)5-7-22(20)32-11-9-24-18(26(28)32)15-19-25(36-24)10-12-33-23-8-6-17(31-35)14-21(23)29(3,4)27(19)33/h5-8,13-15,24-25,34-35H,9-12H2,1-4H3/q+1. The number of anilines is 1. The van der Waals surface area contributed by atoms with Crippen LogP contribution >= 0.6 is 0 Å². The Morgan fingerprint density at radius 1 is 0.917 bits per heavy atom. The number of nitrogens with zero attached hydrogens (tertiary/aromatic N) is 2. The number of hydrogen-bond donors (Lipinski definition) is 2. The van der Waals surface area contributed by atoms with Crippen LogP contribution < -0.4 is 15.8 Å². The molecular weight excluding hydrogens is 446 g/mol. The number of allylic oxidation sites excluding steroid dienone is 1. The van der Waals surface area contributed by atoms with Crippen LogP contribution in [0.5, 0.6) is 0 Å². The number of hydrogen-bond acceptors (Lipinski definition) is 4. The van der Waals surface area contributed by atoms with Gasteiger partial charge in [-0.3, -0.25) is 0 Å². The van der Waals surface area contributed by atoms with E-state index in [1.54, 1.807) is 0 Å². The van der Waals surface area contributed by atoms with Gasteiger partial charge in [-0.1, -0.05) is 49.0 Å². The highest BCUT2D eigenvalue weighted by molar-refractivity contribution is 6.46. The predicted molar refractivity (Wildman–Crippen MR) is 144 cm³/mol. The minimum Gasteiger partial charge on any atom is -0.450 e. The Labute approximate surface area is 214 Å². The first-order valence-corrected chi connectivity index (χ1v) is 13.0. The van der Waals surface area contributed by atoms with Crippen LogP contribution in [0.3, 0.4) is 0 Å². The van der Waals surface area contributed by atoms with Crippen molar-refractivity contribution in [3.63, 3.8) is 0 Å². The molecule has 0 spiro atoms. The molecule has 0 aliphatic carbocycles. The van der Waals surface area contributed by atoms with Gasteiger partial charge >= 0.3 is 15.0 Å². The molecule has 2 unspecified atom stereocenters. The van der Waals surface area contributed by atoms with E-state index in [1.165, 1.54) is 60.0 Å². The maximum Gasteiger partial charge on any atom is 0.326 e. The second-order valence-electron chi connectivity index (χ2n) is 11.8. The Morgan fingerprint density at radius 2 is 1.64 bits per heavy atom. The Kier molecular flexibility index (Phi) is 4.69. The van der Waals surface area contributed by atoms with Gasteiger partial charge in [-0.15, -0.1) is 0 Å². The van der Waals surface area contributed by atoms with Crippen molar-refractivity contribution in [2.24, 2.45) is 0 Å². The molecule has 5 heterocycles. The molecule has 0 saturated carbocycles. The van der Waals surface area contributed by atoms with E-state index in [1.807, 2.05) is 12.1 Å². The van der Waals surface area contributed by atoms with Gasteiger partial charge in [0.1, 0.15) is 0 Å². The van der Waals surface area contributed by atoms with E-state index in [0.717, 1.165) is 36.9 Å². The predicted octanol–water partition coefficient (Wildman–Crippen LogP) is 2.09. The van der Waals surface area contributed by atoms with Gasteiger partial charge in [-0.05, 0) is 38.0 Å². The second kappa shape index (κ2) is 7.47. The van der Waals surface area contributed by atoms with Crippen molar-refractivity contribution in [1.29, 1.82) is 0 Å². The zero-order chi connectivity index (χ0) is 25.0. The summed E-state index contributed by atoms with van der Waals surface area (Å²) in [5, 5.41) is 19.3. The maximum atomic E-state index is 9.65. The van der Waals surface area contributed by atoms with Gasteiger partial charge in [0.25, 0.3) is 0 Å². The van der Waals surface area contributed by atoms with E-state index >= 15 is 0 Å². The smallest absolute Gasteiger partial charge is 0.326 e. The van der Waals surface area contributed by atoms with Crippen molar-refractivity contribution in [1.82, 2.24) is 0 Å². The summed E-state index contributed by atoms with van der Waals surface area (Å²) in [5.41, 5.74) is 11.6. The summed E-state index contributed by atoms with van der Waals surface area (Å²) >= 11 is 0. The number of rotatable bonds is 2. The highest BCUT2D eigenvalue weighted by atomic mass is 16.5. The lowest BCUT2D eigenvalue weighted by atomic mass is 9.72. The second-order valence-corrected chi connectivity index (χ2v) is 11.8. The molecule has 5 aliphatic rings. The average Bonchev–Trinajstić information content (AvgIpc) is 3.26. The van der Waals surface area contributed by atoms with Crippen molar-refractivity contribution in [2.75, 3.05) is 18.0 Å². The summed E-state index contributed by atoms with van der Waals surface area (Å²) in [6.45, 7) is 11.1. The lowest BCUT2D eigenvalue weighted by Crippen LogP contribution is -2.47. The summed E-state index contributed by atoms with van der Waals surface area (Å²) in [6.07, 6.45) is 4.62. The highest BCUT2D eigenvalue weighted by Gasteiger charge is 2.54. The summed E-state index contributed by atoms with van der Waals surface area (Å²) in [6, 6.07) is 12.5. The zero-order valence-electron chi connectivity index (χ0n) is 21.4. The minimum absolute atomic E-state index is 0.108. The fourth-order valence-electron chi connectivity index (χ4n) is 7.49. The van der Waals surface area contributed by atoms with Crippen LogP contribution in [0.2, 0.25) is 0 Å². The molecular formula is C29H31B2N2O3+. The third-order valence-corrected chi connectivity index (χ3v) is 9.10. The molecule has 2 aromatic rings. The number of fused-ring (bicyclic) bond motifs is 8. The zero-order valence-corrected chi connectivity index (χ0v) is 21.4. The first-order valence-electron chi connectivity index (χ1n) is 13.0. The largest absolute Gasteiger partial charge is 0.450 e. The van der Waals surface area contributed by atoms with Crippen LogP contribution in [-0.4, -0.2) is 60.6 Å². The van der Waals surface area contributed by atoms with Gasteiger partial charge in [-0.2, -0.15) is 4.58 Å². The summed E-state index contributed by atoms with van der Waals surface area (Å²) in [4.78, 5) is 2.48. The minimum atomic E-state index is -0.186. The molecule has 7 heteroatoms. The molecule has 0 saturated heterocycles. The number of benzene rings is 2. The van der Waals surface area contributed by atoms with E-state index in [9.17, 15) is 10.0 Å². The van der Waals surface area contributed by atoms with E-state index < -0.39 is 0 Å². The summed E-state index contributed by atoms with van der Waals surface area (Å²) in [5.74, 6) is 0. The van der Waals surface area contributed by atoms with E-state index in [2.05, 4.69) is 67.5 Å². The fourth-order valence-corrected chi connectivity index (χ4v) is 7.49. The third kappa shape index (κ3) is 2.82. The Balaban J connectivity index is 1.41. The molecule has 2 N–H and O–H groups in total. The van der Waals surface area contributed by atoms with Crippen molar-refractivity contribution in [3.8, 4) is 0 Å². The van der Waals surface area contributed by atoms with E-state index in [4.69, 9.17) is 4.74 Å². The van der Waals surface area contributed by atoms with Crippen LogP contribution in [0, 0.1) is 0 Å². The fraction of sp³-hybridized carbons (Fsp3) is 0.414. The molecule has 36 heavy (non-hydrogen) atoms. The van der Waals surface area contributed by atoms with Crippen molar-refractivity contribution in [2.45, 2.75) is 63.6 Å². The molecule has 2 aromatic carbocycles. The van der Waals surface area contributed by atoms with E-state index in [0.29, 0.717) is 0 Å². The van der Waals surface area contributed by atoms with Crippen LogP contribution in [0.1, 0.15) is 51.7 Å². The summed E-state index contributed by atoms with van der Waals surface area (Å²) in [7, 11) is 2.38. The molecule has 0 fully saturated rings. The van der Waals surface area contributed by atoms with Gasteiger partial charge in [0, 0.05) is 52.5 Å². The van der Waals surface area contributed by atoms with Crippen molar-refractivity contribution >= 4 is 43.0 Å². The lowest BCUT2D eigenvalue weighted by Gasteiger charge is -2.42. The molecule has 0 bridgehead atoms. The quantitative estimate of drug-likeness (QED) is 0.514. The first-order chi connectivity index (χ1) is 17.3. The van der Waals surface area contributed by atoms with Crippen LogP contribution in [-0.2, 0) is 15.6 Å². The summed E-state index contributed by atoms with van der Waals surface area (Å²) < 4.78 is 9.37. The average molecular weight is 477 g/mol. The molecule has 7 rings (SSSR count). The van der Waals surface area contributed by atoms with Crippen molar-refractivity contribution in [3.05, 3.63) is 70.4 Å². The molecule has 2 radical (unpaired) electrons. The van der Waals surface area contributed by atoms with Gasteiger partial charge < -0.3 is 19.7 Å². The molecule has 5 nitrogen and oxygen atoms in total. The topological polar surface area (TPSA) is 55.9 Å². The van der Waals surface area contributed by atoms with Gasteiger partial charge in [0.05, 0.1) is 17.6 Å². The SMILES string of the molecule is CC1(C)C2=C3C=C4C5=[N+](CCC4OC3CCN2c2ccc([B]O)cc21)c1ccc([B]O)cc1C5(C)C. The van der Waals surface area contributed by atoms with Gasteiger partial charge in [-0.25, -0.2) is 0 Å². The van der Waals surface area contributed by atoms with E-state index in [-0.39, 0.29) is 23.0 Å². The van der Waals surface area contributed by atoms with Gasteiger partial charge in [0.15, 0.2) is 12.3 Å². The highest BCUT2D eigenvalue weighted by Crippen LogP contribution is 2.53.